The van der Waals surface area contributed by atoms with E-state index in [-0.39, 0.29) is 17.7 Å². The summed E-state index contributed by atoms with van der Waals surface area (Å²) in [4.78, 5) is 25.3. The Morgan fingerprint density at radius 3 is 2.15 bits per heavy atom. The van der Waals surface area contributed by atoms with Crippen LogP contribution in [0.15, 0.2) is 42.5 Å². The number of amides is 2. The Labute approximate surface area is 154 Å². The molecule has 0 bridgehead atoms. The van der Waals surface area contributed by atoms with E-state index >= 15 is 0 Å². The highest BCUT2D eigenvalue weighted by molar-refractivity contribution is 6.01. The van der Waals surface area contributed by atoms with Crippen LogP contribution in [-0.4, -0.2) is 25.0 Å². The summed E-state index contributed by atoms with van der Waals surface area (Å²) in [5.41, 5.74) is 3.20. The monoisotopic (exact) mass is 354 g/mol. The van der Waals surface area contributed by atoms with Crippen LogP contribution in [0.3, 0.4) is 0 Å². The summed E-state index contributed by atoms with van der Waals surface area (Å²) < 4.78 is 5.30. The van der Waals surface area contributed by atoms with E-state index in [1.165, 1.54) is 0 Å². The Morgan fingerprint density at radius 1 is 0.962 bits per heavy atom. The third-order valence-corrected chi connectivity index (χ3v) is 4.16. The van der Waals surface area contributed by atoms with Gasteiger partial charge in [-0.05, 0) is 49.6 Å². The van der Waals surface area contributed by atoms with Crippen LogP contribution in [-0.2, 0) is 4.79 Å². The van der Waals surface area contributed by atoms with E-state index in [1.807, 2.05) is 52.0 Å². The predicted molar refractivity (Wildman–Crippen MR) is 104 cm³/mol. The smallest absolute Gasteiger partial charge is 0.251 e. The highest BCUT2D eigenvalue weighted by Crippen LogP contribution is 2.25. The van der Waals surface area contributed by atoms with Crippen LogP contribution < -0.4 is 15.4 Å². The lowest BCUT2D eigenvalue weighted by Gasteiger charge is -2.22. The Kier molecular flexibility index (Phi) is 6.39. The van der Waals surface area contributed by atoms with Crippen molar-refractivity contribution in [2.45, 2.75) is 33.7 Å². The zero-order valence-electron chi connectivity index (χ0n) is 15.9. The van der Waals surface area contributed by atoms with Gasteiger partial charge in [-0.15, -0.1) is 0 Å². The first-order valence-electron chi connectivity index (χ1n) is 8.65. The third-order valence-electron chi connectivity index (χ3n) is 4.16. The molecule has 0 aliphatic carbocycles. The van der Waals surface area contributed by atoms with Gasteiger partial charge < -0.3 is 15.4 Å². The fraction of sp³-hybridized carbons (Fsp3) is 0.333. The lowest BCUT2D eigenvalue weighted by atomic mass is 10.0. The van der Waals surface area contributed by atoms with Crippen molar-refractivity contribution >= 4 is 17.5 Å². The van der Waals surface area contributed by atoms with Gasteiger partial charge in [0.15, 0.2) is 0 Å². The van der Waals surface area contributed by atoms with Gasteiger partial charge in [0.2, 0.25) is 5.91 Å². The summed E-state index contributed by atoms with van der Waals surface area (Å²) >= 11 is 0. The number of benzene rings is 2. The first-order valence-corrected chi connectivity index (χ1v) is 8.65. The molecule has 0 saturated heterocycles. The Hall–Kier alpha value is -2.82. The average molecular weight is 354 g/mol. The summed E-state index contributed by atoms with van der Waals surface area (Å²) in [7, 11) is 1.55. The summed E-state index contributed by atoms with van der Waals surface area (Å²) in [6.45, 7) is 7.69. The zero-order valence-corrected chi connectivity index (χ0v) is 15.9. The normalized spacial score (nSPS) is 11.8. The maximum atomic E-state index is 12.8. The molecule has 0 spiro atoms. The standard InChI is InChI=1S/C21H26N2O3/c1-13(2)19(23-20(24)16-9-6-14(3)7-10-16)21(25)22-17-12-15(4)8-11-18(17)26-5/h6-13,19H,1-5H3,(H,22,25)(H,23,24)/t19-/m0/s1. The van der Waals surface area contributed by atoms with E-state index in [0.29, 0.717) is 17.0 Å². The number of methoxy groups -OCH3 is 1. The van der Waals surface area contributed by atoms with Crippen LogP contribution in [0.2, 0.25) is 0 Å². The maximum Gasteiger partial charge on any atom is 0.251 e. The van der Waals surface area contributed by atoms with Crippen molar-refractivity contribution in [2.24, 2.45) is 5.92 Å². The first kappa shape index (κ1) is 19.5. The van der Waals surface area contributed by atoms with E-state index in [4.69, 9.17) is 4.74 Å². The molecule has 26 heavy (non-hydrogen) atoms. The summed E-state index contributed by atoms with van der Waals surface area (Å²) in [5.74, 6) is -0.0315. The number of carbonyl (C=O) groups excluding carboxylic acids is 2. The number of hydrogen-bond donors (Lipinski definition) is 2. The van der Waals surface area contributed by atoms with Crippen molar-refractivity contribution in [3.05, 3.63) is 59.2 Å². The minimum Gasteiger partial charge on any atom is -0.495 e. The van der Waals surface area contributed by atoms with Crippen molar-refractivity contribution in [3.8, 4) is 5.75 Å². The minimum atomic E-state index is -0.658. The van der Waals surface area contributed by atoms with E-state index < -0.39 is 6.04 Å². The molecule has 2 aromatic rings. The van der Waals surface area contributed by atoms with Crippen LogP contribution in [0, 0.1) is 19.8 Å². The second-order valence-electron chi connectivity index (χ2n) is 6.75. The number of aryl methyl sites for hydroxylation is 2. The SMILES string of the molecule is COc1ccc(C)cc1NC(=O)[C@@H](NC(=O)c1ccc(C)cc1)C(C)C. The largest absolute Gasteiger partial charge is 0.495 e. The molecule has 2 rings (SSSR count). The van der Waals surface area contributed by atoms with E-state index in [0.717, 1.165) is 11.1 Å². The molecule has 0 aromatic heterocycles. The predicted octanol–water partition coefficient (Wildman–Crippen LogP) is 3.71. The molecule has 0 fully saturated rings. The second kappa shape index (κ2) is 8.52. The quantitative estimate of drug-likeness (QED) is 0.831. The van der Waals surface area contributed by atoms with Gasteiger partial charge in [0.25, 0.3) is 5.91 Å². The molecule has 0 aliphatic heterocycles. The molecule has 5 heteroatoms. The number of rotatable bonds is 6. The van der Waals surface area contributed by atoms with Gasteiger partial charge >= 0.3 is 0 Å². The second-order valence-corrected chi connectivity index (χ2v) is 6.75. The Morgan fingerprint density at radius 2 is 1.58 bits per heavy atom. The number of anilines is 1. The minimum absolute atomic E-state index is 0.0693. The number of nitrogens with one attached hydrogen (secondary N) is 2. The molecule has 2 N–H and O–H groups in total. The molecule has 0 aliphatic rings. The highest BCUT2D eigenvalue weighted by atomic mass is 16.5. The van der Waals surface area contributed by atoms with Crippen molar-refractivity contribution in [1.29, 1.82) is 0 Å². The fourth-order valence-electron chi connectivity index (χ4n) is 2.59. The lowest BCUT2D eigenvalue weighted by Crippen LogP contribution is -2.47. The molecule has 2 amide bonds. The van der Waals surface area contributed by atoms with Crippen LogP contribution in [0.1, 0.15) is 35.3 Å². The third kappa shape index (κ3) is 4.85. The van der Waals surface area contributed by atoms with Gasteiger partial charge in [0.1, 0.15) is 11.8 Å². The molecule has 2 aromatic carbocycles. The van der Waals surface area contributed by atoms with Gasteiger partial charge in [-0.3, -0.25) is 9.59 Å². The molecule has 0 heterocycles. The van der Waals surface area contributed by atoms with Gasteiger partial charge in [-0.2, -0.15) is 0 Å². The van der Waals surface area contributed by atoms with Crippen LogP contribution in [0.25, 0.3) is 0 Å². The Balaban J connectivity index is 2.16. The van der Waals surface area contributed by atoms with Gasteiger partial charge in [0, 0.05) is 5.56 Å². The average Bonchev–Trinajstić information content (AvgIpc) is 2.59. The summed E-state index contributed by atoms with van der Waals surface area (Å²) in [5, 5.41) is 5.70. The number of carbonyl (C=O) groups is 2. The highest BCUT2D eigenvalue weighted by Gasteiger charge is 2.25. The zero-order chi connectivity index (χ0) is 19.3. The van der Waals surface area contributed by atoms with Crippen molar-refractivity contribution < 1.29 is 14.3 Å². The van der Waals surface area contributed by atoms with Gasteiger partial charge in [-0.1, -0.05) is 37.6 Å². The molecule has 0 saturated carbocycles. The molecule has 0 radical (unpaired) electrons. The van der Waals surface area contributed by atoms with Crippen molar-refractivity contribution in [3.63, 3.8) is 0 Å². The van der Waals surface area contributed by atoms with Crippen LogP contribution in [0.5, 0.6) is 5.75 Å². The molecular weight excluding hydrogens is 328 g/mol. The van der Waals surface area contributed by atoms with E-state index in [2.05, 4.69) is 10.6 Å². The van der Waals surface area contributed by atoms with E-state index in [9.17, 15) is 9.59 Å². The van der Waals surface area contributed by atoms with Gasteiger partial charge in [-0.25, -0.2) is 0 Å². The van der Waals surface area contributed by atoms with Crippen molar-refractivity contribution in [2.75, 3.05) is 12.4 Å². The van der Waals surface area contributed by atoms with Gasteiger partial charge in [0.05, 0.1) is 12.8 Å². The molecule has 138 valence electrons. The van der Waals surface area contributed by atoms with Crippen LogP contribution in [0.4, 0.5) is 5.69 Å². The van der Waals surface area contributed by atoms with E-state index in [1.54, 1.807) is 25.3 Å². The number of ether oxygens (including phenoxy) is 1. The fourth-order valence-corrected chi connectivity index (χ4v) is 2.59. The first-order chi connectivity index (χ1) is 12.3. The molecular formula is C21H26N2O3. The molecule has 1 atom stereocenters. The topological polar surface area (TPSA) is 67.4 Å². The van der Waals surface area contributed by atoms with Crippen LogP contribution >= 0.6 is 0 Å². The maximum absolute atomic E-state index is 12.8. The summed E-state index contributed by atoms with van der Waals surface area (Å²) in [6, 6.07) is 12.2. The summed E-state index contributed by atoms with van der Waals surface area (Å²) in [6.07, 6.45) is 0. The molecule has 0 unspecified atom stereocenters. The lowest BCUT2D eigenvalue weighted by molar-refractivity contribution is -0.118. The Bertz CT molecular complexity index is 782. The van der Waals surface area contributed by atoms with Crippen molar-refractivity contribution in [1.82, 2.24) is 5.32 Å². The molecule has 5 nitrogen and oxygen atoms in total. The number of hydrogen-bond acceptors (Lipinski definition) is 3.